The Morgan fingerprint density at radius 2 is 2.17 bits per heavy atom. The normalized spacial score (nSPS) is 11.3. The van der Waals surface area contributed by atoms with Crippen LogP contribution in [0.25, 0.3) is 23.1 Å². The zero-order chi connectivity index (χ0) is 16.4. The van der Waals surface area contributed by atoms with Gasteiger partial charge in [-0.25, -0.2) is 9.18 Å². The van der Waals surface area contributed by atoms with Gasteiger partial charge in [-0.2, -0.15) is 5.10 Å². The summed E-state index contributed by atoms with van der Waals surface area (Å²) in [5, 5.41) is 5.04. The molecule has 0 saturated heterocycles. The number of rotatable bonds is 3. The van der Waals surface area contributed by atoms with E-state index in [4.69, 9.17) is 0 Å². The lowest BCUT2D eigenvalue weighted by Gasteiger charge is -2.02. The maximum Gasteiger partial charge on any atom is 0.340 e. The van der Waals surface area contributed by atoms with Crippen LogP contribution in [0.1, 0.15) is 21.6 Å². The summed E-state index contributed by atoms with van der Waals surface area (Å²) in [6.45, 7) is 0. The van der Waals surface area contributed by atoms with Gasteiger partial charge >= 0.3 is 5.97 Å². The molecule has 2 aromatic heterocycles. The second-order valence-corrected chi connectivity index (χ2v) is 4.97. The summed E-state index contributed by atoms with van der Waals surface area (Å²) in [5.41, 5.74) is 2.04. The van der Waals surface area contributed by atoms with Crippen LogP contribution < -0.4 is 0 Å². The predicted molar refractivity (Wildman–Crippen MR) is 85.2 cm³/mol. The van der Waals surface area contributed by atoms with E-state index in [-0.39, 0.29) is 5.56 Å². The topological polar surface area (TPSA) is 57.0 Å². The van der Waals surface area contributed by atoms with Crippen molar-refractivity contribution < 1.29 is 13.9 Å². The Balaban J connectivity index is 2.10. The third-order valence-corrected chi connectivity index (χ3v) is 3.49. The van der Waals surface area contributed by atoms with Gasteiger partial charge in [0.05, 0.1) is 23.9 Å². The quantitative estimate of drug-likeness (QED) is 0.698. The fraction of sp³-hybridized carbons (Fsp3) is 0.118. The van der Waals surface area contributed by atoms with Gasteiger partial charge in [-0.1, -0.05) is 12.1 Å². The molecular weight excluding hydrogens is 297 g/mol. The molecular formula is C17H14FN3O2. The first kappa shape index (κ1) is 14.9. The number of aromatic nitrogens is 3. The molecule has 0 saturated carbocycles. The number of carbonyl (C=O) groups excluding carboxylic acids is 1. The van der Waals surface area contributed by atoms with E-state index in [9.17, 15) is 9.18 Å². The molecule has 1 aromatic carbocycles. The number of halogens is 1. The highest BCUT2D eigenvalue weighted by Crippen LogP contribution is 2.24. The van der Waals surface area contributed by atoms with Gasteiger partial charge in [-0.05, 0) is 23.8 Å². The van der Waals surface area contributed by atoms with Crippen molar-refractivity contribution in [1.29, 1.82) is 0 Å². The van der Waals surface area contributed by atoms with Crippen molar-refractivity contribution in [2.75, 3.05) is 7.11 Å². The monoisotopic (exact) mass is 311 g/mol. The number of esters is 1. The lowest BCUT2D eigenvalue weighted by Crippen LogP contribution is -2.04. The van der Waals surface area contributed by atoms with E-state index in [1.54, 1.807) is 30.2 Å². The zero-order valence-electron chi connectivity index (χ0n) is 12.7. The molecule has 0 unspecified atom stereocenters. The molecule has 3 rings (SSSR count). The molecule has 0 fully saturated rings. The number of methoxy groups -OCH3 is 1. The number of hydrogen-bond acceptors (Lipinski definition) is 4. The summed E-state index contributed by atoms with van der Waals surface area (Å²) in [6.07, 6.45) is 7.08. The SMILES string of the molecule is COC(=O)c1cc2c(/C=C/c3cccnc3)nn(C)c2cc1F. The van der Waals surface area contributed by atoms with E-state index < -0.39 is 11.8 Å². The van der Waals surface area contributed by atoms with Crippen LogP contribution in [0, 0.1) is 5.82 Å². The minimum absolute atomic E-state index is 0.107. The minimum Gasteiger partial charge on any atom is -0.465 e. The molecule has 0 bridgehead atoms. The van der Waals surface area contributed by atoms with Crippen molar-refractivity contribution in [3.63, 3.8) is 0 Å². The van der Waals surface area contributed by atoms with Gasteiger partial charge < -0.3 is 4.74 Å². The fourth-order valence-corrected chi connectivity index (χ4v) is 2.34. The van der Waals surface area contributed by atoms with Crippen LogP contribution in [-0.2, 0) is 11.8 Å². The molecule has 0 amide bonds. The van der Waals surface area contributed by atoms with Crippen molar-refractivity contribution in [2.24, 2.45) is 7.05 Å². The van der Waals surface area contributed by atoms with E-state index >= 15 is 0 Å². The molecule has 0 atom stereocenters. The van der Waals surface area contributed by atoms with Crippen molar-refractivity contribution in [3.05, 3.63) is 59.3 Å². The maximum absolute atomic E-state index is 14.0. The molecule has 0 aliphatic carbocycles. The van der Waals surface area contributed by atoms with Gasteiger partial charge in [0.2, 0.25) is 0 Å². The number of ether oxygens (including phenoxy) is 1. The third kappa shape index (κ3) is 2.83. The third-order valence-electron chi connectivity index (χ3n) is 3.49. The van der Waals surface area contributed by atoms with Crippen LogP contribution in [0.5, 0.6) is 0 Å². The van der Waals surface area contributed by atoms with Gasteiger partial charge in [0.1, 0.15) is 5.82 Å². The molecule has 0 aliphatic heterocycles. The molecule has 3 aromatic rings. The molecule has 116 valence electrons. The summed E-state index contributed by atoms with van der Waals surface area (Å²) in [5.74, 6) is -1.34. The van der Waals surface area contributed by atoms with Crippen LogP contribution in [0.4, 0.5) is 4.39 Å². The van der Waals surface area contributed by atoms with Crippen molar-refractivity contribution >= 4 is 29.0 Å². The summed E-state index contributed by atoms with van der Waals surface area (Å²) in [6, 6.07) is 6.50. The molecule has 2 heterocycles. The number of carbonyl (C=O) groups is 1. The molecule has 23 heavy (non-hydrogen) atoms. The Morgan fingerprint density at radius 1 is 1.35 bits per heavy atom. The fourth-order valence-electron chi connectivity index (χ4n) is 2.34. The van der Waals surface area contributed by atoms with Crippen molar-refractivity contribution in [1.82, 2.24) is 14.8 Å². The summed E-state index contributed by atoms with van der Waals surface area (Å²) in [7, 11) is 2.94. The molecule has 0 aliphatic rings. The first-order chi connectivity index (χ1) is 11.1. The summed E-state index contributed by atoms with van der Waals surface area (Å²) >= 11 is 0. The average Bonchev–Trinajstić information content (AvgIpc) is 2.88. The number of nitrogens with zero attached hydrogens (tertiary/aromatic N) is 3. The lowest BCUT2D eigenvalue weighted by atomic mass is 10.1. The highest BCUT2D eigenvalue weighted by atomic mass is 19.1. The van der Waals surface area contributed by atoms with Crippen LogP contribution in [0.15, 0.2) is 36.7 Å². The predicted octanol–water partition coefficient (Wildman–Crippen LogP) is 3.06. The first-order valence-electron chi connectivity index (χ1n) is 6.93. The largest absolute Gasteiger partial charge is 0.465 e. The summed E-state index contributed by atoms with van der Waals surface area (Å²) < 4.78 is 20.2. The first-order valence-corrected chi connectivity index (χ1v) is 6.93. The maximum atomic E-state index is 14.0. The Bertz CT molecular complexity index is 901. The van der Waals surface area contributed by atoms with Crippen LogP contribution in [0.2, 0.25) is 0 Å². The molecule has 5 nitrogen and oxygen atoms in total. The van der Waals surface area contributed by atoms with E-state index in [1.165, 1.54) is 19.2 Å². The Hall–Kier alpha value is -3.02. The minimum atomic E-state index is -0.713. The highest BCUT2D eigenvalue weighted by molar-refractivity contribution is 5.98. The van der Waals surface area contributed by atoms with Crippen molar-refractivity contribution in [3.8, 4) is 0 Å². The van der Waals surface area contributed by atoms with Crippen LogP contribution in [0.3, 0.4) is 0 Å². The van der Waals surface area contributed by atoms with Crippen molar-refractivity contribution in [2.45, 2.75) is 0 Å². The van der Waals surface area contributed by atoms with Crippen LogP contribution >= 0.6 is 0 Å². The van der Waals surface area contributed by atoms with E-state index in [0.29, 0.717) is 16.6 Å². The van der Waals surface area contributed by atoms with E-state index in [2.05, 4.69) is 14.8 Å². The highest BCUT2D eigenvalue weighted by Gasteiger charge is 2.17. The summed E-state index contributed by atoms with van der Waals surface area (Å²) in [4.78, 5) is 15.7. The lowest BCUT2D eigenvalue weighted by molar-refractivity contribution is 0.0595. The van der Waals surface area contributed by atoms with Gasteiger partial charge in [-0.3, -0.25) is 9.67 Å². The Kier molecular flexibility index (Phi) is 3.89. The van der Waals surface area contributed by atoms with E-state index in [0.717, 1.165) is 5.56 Å². The standard InChI is InChI=1S/C17H14FN3O2/c1-21-16-9-14(18)12(17(22)23-2)8-13(16)15(20-21)6-5-11-4-3-7-19-10-11/h3-10H,1-2H3/b6-5+. The number of aryl methyl sites for hydroxylation is 1. The Morgan fingerprint density at radius 3 is 2.87 bits per heavy atom. The molecule has 0 spiro atoms. The molecule has 0 N–H and O–H groups in total. The average molecular weight is 311 g/mol. The van der Waals surface area contributed by atoms with Crippen LogP contribution in [-0.4, -0.2) is 27.8 Å². The number of fused-ring (bicyclic) bond motifs is 1. The second kappa shape index (κ2) is 6.00. The number of hydrogen-bond donors (Lipinski definition) is 0. The number of pyridine rings is 1. The second-order valence-electron chi connectivity index (χ2n) is 4.97. The van der Waals surface area contributed by atoms with Gasteiger partial charge in [0, 0.05) is 30.9 Å². The molecule has 0 radical (unpaired) electrons. The van der Waals surface area contributed by atoms with Gasteiger partial charge in [0.25, 0.3) is 0 Å². The van der Waals surface area contributed by atoms with E-state index in [1.807, 2.05) is 18.2 Å². The van der Waals surface area contributed by atoms with Gasteiger partial charge in [-0.15, -0.1) is 0 Å². The smallest absolute Gasteiger partial charge is 0.340 e. The molecule has 6 heteroatoms. The zero-order valence-corrected chi connectivity index (χ0v) is 12.7. The van der Waals surface area contributed by atoms with Gasteiger partial charge in [0.15, 0.2) is 0 Å². The number of benzene rings is 1. The Labute approximate surface area is 132 Å².